The van der Waals surface area contributed by atoms with Crippen LogP contribution in [0.2, 0.25) is 0 Å². The van der Waals surface area contributed by atoms with Crippen LogP contribution in [0.5, 0.6) is 0 Å². The first-order valence-corrected chi connectivity index (χ1v) is 4.92. The molecule has 0 bridgehead atoms. The maximum atomic E-state index is 11.8. The molecular weight excluding hydrogens is 188 g/mol. The van der Waals surface area contributed by atoms with Crippen LogP contribution >= 0.6 is 0 Å². The van der Waals surface area contributed by atoms with Gasteiger partial charge in [-0.3, -0.25) is 4.79 Å². The monoisotopic (exact) mass is 202 g/mol. The van der Waals surface area contributed by atoms with Crippen LogP contribution in [0.3, 0.4) is 0 Å². The van der Waals surface area contributed by atoms with Crippen LogP contribution in [0.4, 0.5) is 0 Å². The third-order valence-electron chi connectivity index (χ3n) is 2.68. The molecule has 0 radical (unpaired) electrons. The lowest BCUT2D eigenvalue weighted by Gasteiger charge is -2.06. The van der Waals surface area contributed by atoms with E-state index >= 15 is 0 Å². The van der Waals surface area contributed by atoms with Crippen LogP contribution in [-0.4, -0.2) is 4.57 Å². The Morgan fingerprint density at radius 3 is 2.73 bits per heavy atom. The van der Waals surface area contributed by atoms with Gasteiger partial charge in [-0.05, 0) is 35.6 Å². The number of hydrogen-bond donors (Lipinski definition) is 1. The van der Waals surface area contributed by atoms with Crippen LogP contribution in [0.15, 0.2) is 29.2 Å². The molecule has 2 N–H and O–H groups in total. The van der Waals surface area contributed by atoms with Gasteiger partial charge in [0, 0.05) is 25.2 Å². The summed E-state index contributed by atoms with van der Waals surface area (Å²) in [6, 6.07) is 5.75. The molecule has 0 saturated carbocycles. The van der Waals surface area contributed by atoms with E-state index in [9.17, 15) is 4.79 Å². The first-order chi connectivity index (χ1) is 7.13. The third-order valence-corrected chi connectivity index (χ3v) is 2.68. The van der Waals surface area contributed by atoms with Gasteiger partial charge in [-0.15, -0.1) is 0 Å². The first-order valence-electron chi connectivity index (χ1n) is 4.92. The van der Waals surface area contributed by atoms with Crippen molar-refractivity contribution in [1.82, 2.24) is 4.57 Å². The standard InChI is InChI=1S/C12H14N2O/c1-8-7-14(2)12(15)10-4-3-9(6-13)5-11(8)10/h3-5,7H,6,13H2,1-2H3. The summed E-state index contributed by atoms with van der Waals surface area (Å²) in [5.74, 6) is 0. The summed E-state index contributed by atoms with van der Waals surface area (Å²) < 4.78 is 1.61. The van der Waals surface area contributed by atoms with Crippen molar-refractivity contribution in [3.8, 4) is 0 Å². The molecule has 3 nitrogen and oxygen atoms in total. The zero-order valence-corrected chi connectivity index (χ0v) is 8.95. The summed E-state index contributed by atoms with van der Waals surface area (Å²) in [6.45, 7) is 2.51. The number of aryl methyl sites for hydroxylation is 2. The molecule has 0 fully saturated rings. The van der Waals surface area contributed by atoms with E-state index in [1.807, 2.05) is 31.3 Å². The van der Waals surface area contributed by atoms with Crippen molar-refractivity contribution in [2.24, 2.45) is 12.8 Å². The van der Waals surface area contributed by atoms with Gasteiger partial charge in [0.15, 0.2) is 0 Å². The van der Waals surface area contributed by atoms with Crippen molar-refractivity contribution in [2.45, 2.75) is 13.5 Å². The lowest BCUT2D eigenvalue weighted by Crippen LogP contribution is -2.16. The van der Waals surface area contributed by atoms with Crippen LogP contribution in [0.25, 0.3) is 10.8 Å². The Labute approximate surface area is 88.1 Å². The molecule has 78 valence electrons. The molecular formula is C12H14N2O. The fraction of sp³-hybridized carbons (Fsp3) is 0.250. The van der Waals surface area contributed by atoms with Gasteiger partial charge in [0.2, 0.25) is 0 Å². The predicted molar refractivity (Wildman–Crippen MR) is 61.8 cm³/mol. The highest BCUT2D eigenvalue weighted by molar-refractivity contribution is 5.85. The molecule has 1 aromatic heterocycles. The van der Waals surface area contributed by atoms with Crippen molar-refractivity contribution >= 4 is 10.8 Å². The fourth-order valence-electron chi connectivity index (χ4n) is 1.84. The van der Waals surface area contributed by atoms with Crippen LogP contribution in [0, 0.1) is 6.92 Å². The summed E-state index contributed by atoms with van der Waals surface area (Å²) >= 11 is 0. The number of benzene rings is 1. The molecule has 0 aliphatic heterocycles. The maximum absolute atomic E-state index is 11.8. The smallest absolute Gasteiger partial charge is 0.258 e. The number of pyridine rings is 1. The van der Waals surface area contributed by atoms with E-state index in [0.717, 1.165) is 21.9 Å². The zero-order valence-electron chi connectivity index (χ0n) is 8.95. The van der Waals surface area contributed by atoms with E-state index in [1.165, 1.54) is 0 Å². The van der Waals surface area contributed by atoms with Crippen molar-refractivity contribution in [3.63, 3.8) is 0 Å². The largest absolute Gasteiger partial charge is 0.326 e. The number of nitrogens with two attached hydrogens (primary N) is 1. The summed E-state index contributed by atoms with van der Waals surface area (Å²) in [4.78, 5) is 11.8. The van der Waals surface area contributed by atoms with E-state index < -0.39 is 0 Å². The number of nitrogens with zero attached hydrogens (tertiary/aromatic N) is 1. The minimum atomic E-state index is 0.0409. The Hall–Kier alpha value is -1.61. The van der Waals surface area contributed by atoms with Gasteiger partial charge in [0.1, 0.15) is 0 Å². The predicted octanol–water partition coefficient (Wildman–Crippen LogP) is 1.31. The average Bonchev–Trinajstić information content (AvgIpc) is 2.25. The third kappa shape index (κ3) is 1.55. The molecule has 0 aliphatic rings. The van der Waals surface area contributed by atoms with Crippen LogP contribution < -0.4 is 11.3 Å². The normalized spacial score (nSPS) is 10.9. The number of fused-ring (bicyclic) bond motifs is 1. The van der Waals surface area contributed by atoms with Crippen molar-refractivity contribution in [2.75, 3.05) is 0 Å². The minimum absolute atomic E-state index is 0.0409. The molecule has 0 saturated heterocycles. The summed E-state index contributed by atoms with van der Waals surface area (Å²) in [6.07, 6.45) is 1.85. The molecule has 2 rings (SSSR count). The van der Waals surface area contributed by atoms with Gasteiger partial charge in [-0.2, -0.15) is 0 Å². The highest BCUT2D eigenvalue weighted by Gasteiger charge is 2.04. The SMILES string of the molecule is Cc1cn(C)c(=O)c2ccc(CN)cc12. The van der Waals surface area contributed by atoms with E-state index in [4.69, 9.17) is 5.73 Å². The topological polar surface area (TPSA) is 48.0 Å². The lowest BCUT2D eigenvalue weighted by molar-refractivity contribution is 0.865. The number of hydrogen-bond acceptors (Lipinski definition) is 2. The van der Waals surface area contributed by atoms with Gasteiger partial charge < -0.3 is 10.3 Å². The van der Waals surface area contributed by atoms with Gasteiger partial charge in [0.25, 0.3) is 5.56 Å². The molecule has 1 aromatic carbocycles. The van der Waals surface area contributed by atoms with Gasteiger partial charge in [-0.1, -0.05) is 6.07 Å². The molecule has 0 amide bonds. The van der Waals surface area contributed by atoms with E-state index in [1.54, 1.807) is 11.6 Å². The minimum Gasteiger partial charge on any atom is -0.326 e. The van der Waals surface area contributed by atoms with E-state index in [-0.39, 0.29) is 5.56 Å². The van der Waals surface area contributed by atoms with Gasteiger partial charge in [-0.25, -0.2) is 0 Å². The summed E-state index contributed by atoms with van der Waals surface area (Å²) in [7, 11) is 1.77. The molecule has 2 aromatic rings. The van der Waals surface area contributed by atoms with Gasteiger partial charge in [0.05, 0.1) is 0 Å². The molecule has 0 aliphatic carbocycles. The number of aromatic nitrogens is 1. The molecule has 0 unspecified atom stereocenters. The Morgan fingerprint density at radius 2 is 2.07 bits per heavy atom. The van der Waals surface area contributed by atoms with Crippen LogP contribution in [-0.2, 0) is 13.6 Å². The second kappa shape index (κ2) is 3.51. The molecule has 15 heavy (non-hydrogen) atoms. The van der Waals surface area contributed by atoms with Crippen molar-refractivity contribution in [1.29, 1.82) is 0 Å². The molecule has 3 heteroatoms. The zero-order chi connectivity index (χ0) is 11.0. The van der Waals surface area contributed by atoms with Gasteiger partial charge >= 0.3 is 0 Å². The second-order valence-corrected chi connectivity index (χ2v) is 3.81. The number of rotatable bonds is 1. The van der Waals surface area contributed by atoms with E-state index in [2.05, 4.69) is 0 Å². The summed E-state index contributed by atoms with van der Waals surface area (Å²) in [5.41, 5.74) is 7.77. The fourth-order valence-corrected chi connectivity index (χ4v) is 1.84. The van der Waals surface area contributed by atoms with Crippen LogP contribution in [0.1, 0.15) is 11.1 Å². The molecule has 0 atom stereocenters. The maximum Gasteiger partial charge on any atom is 0.258 e. The lowest BCUT2D eigenvalue weighted by atomic mass is 10.1. The highest BCUT2D eigenvalue weighted by atomic mass is 16.1. The average molecular weight is 202 g/mol. The Morgan fingerprint density at radius 1 is 1.33 bits per heavy atom. The Balaban J connectivity index is 2.90. The first kappa shape index (κ1) is 9.93. The second-order valence-electron chi connectivity index (χ2n) is 3.81. The quantitative estimate of drug-likeness (QED) is 0.757. The van der Waals surface area contributed by atoms with Crippen molar-refractivity contribution in [3.05, 3.63) is 45.9 Å². The molecule has 1 heterocycles. The Bertz CT molecular complexity index is 570. The highest BCUT2D eigenvalue weighted by Crippen LogP contribution is 2.16. The van der Waals surface area contributed by atoms with E-state index in [0.29, 0.717) is 6.54 Å². The molecule has 0 spiro atoms. The Kier molecular flexibility index (Phi) is 2.32. The summed E-state index contributed by atoms with van der Waals surface area (Å²) in [5, 5.41) is 1.76. The van der Waals surface area contributed by atoms with Crippen molar-refractivity contribution < 1.29 is 0 Å².